The first-order chi connectivity index (χ1) is 33.7. The van der Waals surface area contributed by atoms with Crippen molar-refractivity contribution >= 4 is 34.8 Å². The molecule has 0 bridgehead atoms. The Labute approximate surface area is 410 Å². The number of fused-ring (bicyclic) bond motifs is 1. The number of hydroxylamine groups is 1. The van der Waals surface area contributed by atoms with Crippen LogP contribution in [0.15, 0.2) is 108 Å². The number of para-hydroxylation sites is 2. The number of unbranched alkanes of at least 4 members (excludes halogenated alkanes) is 2. The Hall–Kier alpha value is -5.80. The number of anilines is 2. The Morgan fingerprint density at radius 1 is 0.957 bits per heavy atom. The molecule has 6 aliphatic rings. The first-order valence-corrected chi connectivity index (χ1v) is 25.2. The van der Waals surface area contributed by atoms with Crippen LogP contribution in [-0.2, 0) is 25.8 Å². The fourth-order valence-corrected chi connectivity index (χ4v) is 11.7. The zero-order valence-electron chi connectivity index (χ0n) is 40.5. The van der Waals surface area contributed by atoms with Gasteiger partial charge in [-0.2, -0.15) is 0 Å². The number of carbonyl (C=O) groups excluding carboxylic acids is 3. The van der Waals surface area contributed by atoms with E-state index in [0.29, 0.717) is 92.3 Å². The van der Waals surface area contributed by atoms with Crippen molar-refractivity contribution in [1.82, 2.24) is 20.2 Å². The lowest BCUT2D eigenvalue weighted by atomic mass is 9.68. The molecule has 3 aromatic carbocycles. The Bertz CT molecular complexity index is 2420. The number of aryl methyl sites for hydroxylation is 1. The zero-order valence-corrected chi connectivity index (χ0v) is 40.5. The van der Waals surface area contributed by atoms with Crippen molar-refractivity contribution < 1.29 is 36.3 Å². The molecule has 0 radical (unpaired) electrons. The van der Waals surface area contributed by atoms with Crippen LogP contribution in [0, 0.1) is 24.2 Å². The number of amides is 3. The molecule has 2 saturated carbocycles. The van der Waals surface area contributed by atoms with E-state index in [1.807, 2.05) is 110 Å². The molecule has 3 amide bonds. The van der Waals surface area contributed by atoms with E-state index in [9.17, 15) is 14.4 Å². The number of aliphatic imine (C=N–C) groups is 1. The van der Waals surface area contributed by atoms with Crippen molar-refractivity contribution in [3.05, 3.63) is 114 Å². The summed E-state index contributed by atoms with van der Waals surface area (Å²) in [5.41, 5.74) is 7.88. The summed E-state index contributed by atoms with van der Waals surface area (Å²) in [4.78, 5) is 59.6. The van der Waals surface area contributed by atoms with E-state index in [2.05, 4.69) is 26.7 Å². The minimum Gasteiger partial charge on any atom is -0.495 e. The summed E-state index contributed by atoms with van der Waals surface area (Å²) in [6, 6.07) is 22.5. The standard InChI is InChI=1S/C55H69N7O7.2H2/c1-4-67-48-16-9-8-15-46(48)62-51(57-44-14-7-6-13-43(44)54(62)65)36-59-29-31-60(32-30-59)53(64)38-68-42-22-19-40(20-23-42)37-69-56-27-10-5-11-28-61-49-17-12-26-55(49)35-41(34-50(55)61)21-25-52(63)58-45-33-39(2)18-24-47(45)66-3;;/h6-9,13-16,18-25,33,41,43,49-51,56H,4-5,10-12,17,26-32,34-38H2,1-3H3,(H,58,63);2*1H/b25-21-;;. The van der Waals surface area contributed by atoms with Crippen LogP contribution >= 0.6 is 0 Å². The minimum atomic E-state index is -0.424. The molecule has 1 spiro atoms. The molecular weight excluding hydrogens is 871 g/mol. The van der Waals surface area contributed by atoms with Gasteiger partial charge in [-0.1, -0.05) is 67.5 Å². The van der Waals surface area contributed by atoms with Crippen LogP contribution in [0.2, 0.25) is 0 Å². The van der Waals surface area contributed by atoms with E-state index in [0.717, 1.165) is 54.9 Å². The van der Waals surface area contributed by atoms with E-state index < -0.39 is 12.1 Å². The van der Waals surface area contributed by atoms with Gasteiger partial charge in [-0.3, -0.25) is 38.9 Å². The van der Waals surface area contributed by atoms with Gasteiger partial charge < -0.3 is 24.4 Å². The Morgan fingerprint density at radius 2 is 1.80 bits per heavy atom. The second-order valence-corrected chi connectivity index (χ2v) is 19.4. The van der Waals surface area contributed by atoms with Crippen LogP contribution in [0.1, 0.15) is 72.3 Å². The van der Waals surface area contributed by atoms with Crippen LogP contribution in [0.4, 0.5) is 11.4 Å². The van der Waals surface area contributed by atoms with E-state index in [1.54, 1.807) is 18.1 Å². The third-order valence-corrected chi connectivity index (χ3v) is 15.0. The number of ether oxygens (including phenoxy) is 3. The molecule has 2 saturated heterocycles. The van der Waals surface area contributed by atoms with Crippen molar-refractivity contribution in [2.75, 3.05) is 76.4 Å². The predicted molar refractivity (Wildman–Crippen MR) is 273 cm³/mol. The average Bonchev–Trinajstić information content (AvgIpc) is 3.89. The van der Waals surface area contributed by atoms with Gasteiger partial charge in [-0.25, -0.2) is 5.48 Å². The molecule has 14 nitrogen and oxygen atoms in total. The second-order valence-electron chi connectivity index (χ2n) is 19.4. The third kappa shape index (κ3) is 11.0. The van der Waals surface area contributed by atoms with Crippen molar-refractivity contribution in [1.29, 1.82) is 0 Å². The molecule has 3 aromatic rings. The van der Waals surface area contributed by atoms with Gasteiger partial charge in [0.25, 0.3) is 5.91 Å². The summed E-state index contributed by atoms with van der Waals surface area (Å²) in [6.45, 7) is 9.79. The number of carbonyl (C=O) groups is 3. The predicted octanol–water partition coefficient (Wildman–Crippen LogP) is 7.99. The van der Waals surface area contributed by atoms with Crippen LogP contribution in [0.3, 0.4) is 0 Å². The largest absolute Gasteiger partial charge is 0.495 e. The maximum atomic E-state index is 14.0. The maximum absolute atomic E-state index is 14.0. The molecule has 370 valence electrons. The Balaban J connectivity index is 0.00000371. The van der Waals surface area contributed by atoms with Crippen molar-refractivity contribution in [2.45, 2.75) is 90.1 Å². The quantitative estimate of drug-likeness (QED) is 0.0615. The maximum Gasteiger partial charge on any atom is 0.260 e. The number of benzene rings is 3. The average molecular weight is 944 g/mol. The molecule has 9 rings (SSSR count). The number of hydrogen-bond donors (Lipinski definition) is 2. The number of piperazine rings is 1. The summed E-state index contributed by atoms with van der Waals surface area (Å²) in [7, 11) is 1.62. The molecule has 4 fully saturated rings. The highest BCUT2D eigenvalue weighted by Crippen LogP contribution is 2.64. The lowest BCUT2D eigenvalue weighted by molar-refractivity contribution is -0.135. The Kier molecular flexibility index (Phi) is 15.6. The third-order valence-electron chi connectivity index (χ3n) is 15.0. The van der Waals surface area contributed by atoms with Gasteiger partial charge in [-0.15, -0.1) is 0 Å². The monoisotopic (exact) mass is 944 g/mol. The molecule has 6 atom stereocenters. The SMILES string of the molecule is CCOc1ccccc1N1C(=O)C2C=CC=CC2=NC1CN1CCN(C(=O)COc2ccc(CONCCCCCN3C4CCCC45CC(/C=C\C(=O)Nc4cc(C)ccc4OC)CC35)cc2)CC1.[HH].[HH]. The first-order valence-electron chi connectivity index (χ1n) is 25.2. The summed E-state index contributed by atoms with van der Waals surface area (Å²) in [5.74, 6) is 1.82. The van der Waals surface area contributed by atoms with Crippen molar-refractivity contribution in [3.63, 3.8) is 0 Å². The number of allylic oxidation sites excluding steroid dienone is 4. The van der Waals surface area contributed by atoms with Crippen LogP contribution < -0.4 is 29.9 Å². The molecule has 2 N–H and O–H groups in total. The summed E-state index contributed by atoms with van der Waals surface area (Å²) >= 11 is 0. The number of likely N-dealkylation sites (tertiary alicyclic amines) is 1. The molecule has 6 unspecified atom stereocenters. The number of nitrogens with zero attached hydrogens (tertiary/aromatic N) is 5. The molecule has 14 heteroatoms. The number of methoxy groups -OCH3 is 1. The number of hydrogen-bond acceptors (Lipinski definition) is 11. The fraction of sp³-hybridized carbons (Fsp3) is 0.491. The summed E-state index contributed by atoms with van der Waals surface area (Å²) < 4.78 is 17.3. The normalized spacial score (nSPS) is 25.2. The van der Waals surface area contributed by atoms with E-state index >= 15 is 0 Å². The van der Waals surface area contributed by atoms with Gasteiger partial charge in [0.15, 0.2) is 6.61 Å². The molecule has 3 aliphatic heterocycles. The van der Waals surface area contributed by atoms with E-state index in [-0.39, 0.29) is 27.2 Å². The van der Waals surface area contributed by atoms with Crippen LogP contribution in [0.5, 0.6) is 17.2 Å². The van der Waals surface area contributed by atoms with Crippen molar-refractivity contribution in [2.24, 2.45) is 22.2 Å². The second kappa shape index (κ2) is 22.3. The molecule has 3 heterocycles. The van der Waals surface area contributed by atoms with Crippen LogP contribution in [-0.4, -0.2) is 123 Å². The van der Waals surface area contributed by atoms with Gasteiger partial charge in [0, 0.05) is 59.6 Å². The van der Waals surface area contributed by atoms with Gasteiger partial charge in [0.05, 0.1) is 43.3 Å². The lowest BCUT2D eigenvalue weighted by Gasteiger charge is -2.59. The highest BCUT2D eigenvalue weighted by Gasteiger charge is 2.65. The van der Waals surface area contributed by atoms with Gasteiger partial charge in [0.2, 0.25) is 11.8 Å². The summed E-state index contributed by atoms with van der Waals surface area (Å²) in [5, 5.41) is 3.01. The van der Waals surface area contributed by atoms with Crippen molar-refractivity contribution in [3.8, 4) is 17.2 Å². The highest BCUT2D eigenvalue weighted by atomic mass is 16.6. The van der Waals surface area contributed by atoms with E-state index in [1.165, 1.54) is 32.1 Å². The minimum absolute atomic E-state index is 0. The topological polar surface area (TPSA) is 138 Å². The number of nitrogens with one attached hydrogen (secondary N) is 2. The molecule has 0 aromatic heterocycles. The summed E-state index contributed by atoms with van der Waals surface area (Å²) in [6.07, 6.45) is 20.7. The van der Waals surface area contributed by atoms with Gasteiger partial charge in [-0.05, 0) is 125 Å². The van der Waals surface area contributed by atoms with Crippen LogP contribution in [0.25, 0.3) is 0 Å². The lowest BCUT2D eigenvalue weighted by Crippen LogP contribution is -2.66. The highest BCUT2D eigenvalue weighted by molar-refractivity contribution is 6.18. The molecular formula is C55H73N7O7. The number of rotatable bonds is 21. The van der Waals surface area contributed by atoms with Gasteiger partial charge >= 0.3 is 0 Å². The molecule has 69 heavy (non-hydrogen) atoms. The smallest absolute Gasteiger partial charge is 0.260 e. The zero-order chi connectivity index (χ0) is 47.7. The first kappa shape index (κ1) is 48.2. The van der Waals surface area contributed by atoms with Gasteiger partial charge in [0.1, 0.15) is 23.4 Å². The Morgan fingerprint density at radius 3 is 2.62 bits per heavy atom. The van der Waals surface area contributed by atoms with E-state index in [4.69, 9.17) is 24.0 Å². The molecule has 3 aliphatic carbocycles. The fourth-order valence-electron chi connectivity index (χ4n) is 11.7.